The molecular weight excluding hydrogens is 850 g/mol. The zero-order valence-corrected chi connectivity index (χ0v) is 37.6. The van der Waals surface area contributed by atoms with Gasteiger partial charge in [0.2, 0.25) is 17.6 Å². The number of H-pyrrole nitrogens is 1. The number of benzene rings is 2. The highest BCUT2D eigenvalue weighted by Crippen LogP contribution is 2.33. The third-order valence-corrected chi connectivity index (χ3v) is 10.8. The topological polar surface area (TPSA) is 239 Å². The summed E-state index contributed by atoms with van der Waals surface area (Å²) in [4.78, 5) is 70.3. The number of carboxylic acid groups (broad SMARTS) is 1. The fraction of sp³-hybridized carbons (Fsp3) is 0.489. The van der Waals surface area contributed by atoms with Crippen LogP contribution in [0.4, 0.5) is 23.7 Å². The molecule has 1 aliphatic rings. The number of nitrogens with zero attached hydrogens (tertiary/aromatic N) is 6. The number of pyridine rings is 1. The number of carbonyl (C=O) groups is 5. The average molecular weight is 909 g/mol. The fourth-order valence-corrected chi connectivity index (χ4v) is 7.36. The Kier molecular flexibility index (Phi) is 18.5. The van der Waals surface area contributed by atoms with Crippen LogP contribution in [-0.2, 0) is 25.5 Å². The van der Waals surface area contributed by atoms with E-state index in [0.29, 0.717) is 48.7 Å². The number of halogens is 3. The van der Waals surface area contributed by atoms with Crippen LogP contribution in [0.15, 0.2) is 60.7 Å². The van der Waals surface area contributed by atoms with Gasteiger partial charge in [-0.15, -0.1) is 10.2 Å². The van der Waals surface area contributed by atoms with Gasteiger partial charge in [-0.05, 0) is 132 Å². The molecule has 2 aromatic carbocycles. The summed E-state index contributed by atoms with van der Waals surface area (Å²) in [6.07, 6.45) is -1.82. The maximum absolute atomic E-state index is 14.5. The van der Waals surface area contributed by atoms with Gasteiger partial charge in [-0.3, -0.25) is 19.3 Å². The first-order valence-corrected chi connectivity index (χ1v) is 21.5. The zero-order valence-electron chi connectivity index (χ0n) is 37.6. The van der Waals surface area contributed by atoms with Crippen molar-refractivity contribution in [1.29, 1.82) is 0 Å². The number of alkyl halides is 3. The predicted octanol–water partition coefficient (Wildman–Crippen LogP) is 6.09. The van der Waals surface area contributed by atoms with Crippen LogP contribution in [0.1, 0.15) is 88.5 Å². The minimum atomic E-state index is -5.08. The van der Waals surface area contributed by atoms with Crippen LogP contribution >= 0.6 is 0 Å². The number of alkyl carbamates (subject to hydrolysis) is 1. The largest absolute Gasteiger partial charge is 0.490 e. The maximum Gasteiger partial charge on any atom is 0.490 e. The number of aromatic nitrogens is 5. The van der Waals surface area contributed by atoms with Crippen LogP contribution in [0.3, 0.4) is 0 Å². The monoisotopic (exact) mass is 908 g/mol. The lowest BCUT2D eigenvalue weighted by molar-refractivity contribution is -0.192. The number of rotatable bonds is 17. The molecule has 1 saturated carbocycles. The second-order valence-electron chi connectivity index (χ2n) is 16.7. The number of tetrazole rings is 1. The molecule has 4 amide bonds. The van der Waals surface area contributed by atoms with E-state index in [4.69, 9.17) is 20.4 Å². The van der Waals surface area contributed by atoms with Gasteiger partial charge in [0.15, 0.2) is 0 Å². The highest BCUT2D eigenvalue weighted by molar-refractivity contribution is 6.02. The zero-order chi connectivity index (χ0) is 47.9. The smallest absolute Gasteiger partial charge is 0.475 e. The number of hydrogen-bond acceptors (Lipinski definition) is 11. The Hall–Kier alpha value is -6.44. The van der Waals surface area contributed by atoms with Gasteiger partial charge in [0, 0.05) is 47.9 Å². The van der Waals surface area contributed by atoms with Crippen molar-refractivity contribution < 1.29 is 47.0 Å². The molecule has 2 heterocycles. The van der Waals surface area contributed by atoms with Crippen molar-refractivity contribution in [3.05, 3.63) is 77.6 Å². The number of aryl methyl sites for hydroxylation is 1. The summed E-state index contributed by atoms with van der Waals surface area (Å²) in [5.74, 6) is -3.50. The summed E-state index contributed by atoms with van der Waals surface area (Å²) in [5.41, 5.74) is 10.4. The third kappa shape index (κ3) is 15.6. The SMILES string of the molecule is CCN(CC)CCCNC(=O)c1ccc(-c2ccc(C[C@@H](C(N)=O)N(c3ccc(-c4nn[nH]n4)cc3)C(=O)[C@H]3CC[C@H](CNC(=O)OC(C)(C)C)CC3)cc2)c(C)n1.O=C(O)C(F)(F)F. The number of carboxylic acids is 1. The van der Waals surface area contributed by atoms with E-state index in [1.807, 2.05) is 58.0 Å². The van der Waals surface area contributed by atoms with E-state index in [1.54, 1.807) is 35.2 Å². The molecule has 0 spiro atoms. The van der Waals surface area contributed by atoms with E-state index in [1.165, 1.54) is 0 Å². The first-order valence-electron chi connectivity index (χ1n) is 21.5. The van der Waals surface area contributed by atoms with E-state index in [2.05, 4.69) is 55.0 Å². The molecule has 20 heteroatoms. The van der Waals surface area contributed by atoms with Crippen LogP contribution in [0, 0.1) is 18.8 Å². The first-order chi connectivity index (χ1) is 30.7. The normalized spacial score (nSPS) is 15.5. The standard InChI is InChI=1S/C43H58N10O5.C2HF3O2/c1-7-52(8-2)25-9-24-45-40(55)36-23-22-35(28(3)47-36)31-14-10-29(11-15-31)26-37(38(44)54)53(34-20-18-32(19-21-34)39-48-50-51-49-39)41(56)33-16-12-30(13-17-33)27-46-42(57)58-43(4,5)6;3-2(4,5)1(6)7/h10-11,14-15,18-23,30,33,37H,7-9,12-13,16-17,24-27H2,1-6H3,(H2,44,54)(H,45,55)(H,46,57)(H,48,49,50,51);(H,6,7)/t30-,33-,37-;/m0./s1. The van der Waals surface area contributed by atoms with Crippen LogP contribution in [0.2, 0.25) is 0 Å². The average Bonchev–Trinajstić information content (AvgIpc) is 3.81. The summed E-state index contributed by atoms with van der Waals surface area (Å²) in [6.45, 7) is 15.5. The summed E-state index contributed by atoms with van der Waals surface area (Å²) in [6, 6.07) is 17.5. The maximum atomic E-state index is 14.5. The lowest BCUT2D eigenvalue weighted by atomic mass is 9.81. The quantitative estimate of drug-likeness (QED) is 0.0757. The van der Waals surface area contributed by atoms with Gasteiger partial charge in [-0.25, -0.2) is 14.6 Å². The Morgan fingerprint density at radius 2 is 1.52 bits per heavy atom. The van der Waals surface area contributed by atoms with Crippen LogP contribution in [0.25, 0.3) is 22.5 Å². The molecule has 0 saturated heterocycles. The molecule has 352 valence electrons. The molecule has 0 bridgehead atoms. The number of amides is 4. The van der Waals surface area contributed by atoms with Crippen molar-refractivity contribution in [1.82, 2.24) is 41.1 Å². The molecule has 0 unspecified atom stereocenters. The highest BCUT2D eigenvalue weighted by atomic mass is 19.4. The van der Waals surface area contributed by atoms with Gasteiger partial charge < -0.3 is 31.1 Å². The second kappa shape index (κ2) is 23.5. The lowest BCUT2D eigenvalue weighted by Gasteiger charge is -2.36. The number of nitrogens with one attached hydrogen (secondary N) is 3. The molecule has 4 aromatic rings. The van der Waals surface area contributed by atoms with E-state index in [-0.39, 0.29) is 30.1 Å². The van der Waals surface area contributed by atoms with Gasteiger partial charge in [-0.1, -0.05) is 44.2 Å². The summed E-state index contributed by atoms with van der Waals surface area (Å²) >= 11 is 0. The fourth-order valence-electron chi connectivity index (χ4n) is 7.36. The van der Waals surface area contributed by atoms with Crippen LogP contribution < -0.4 is 21.3 Å². The molecule has 1 atom stereocenters. The molecule has 2 aromatic heterocycles. The Labute approximate surface area is 376 Å². The molecule has 1 fully saturated rings. The Bertz CT molecular complexity index is 2190. The van der Waals surface area contributed by atoms with Gasteiger partial charge in [0.1, 0.15) is 17.3 Å². The van der Waals surface area contributed by atoms with Gasteiger partial charge in [0.05, 0.1) is 0 Å². The van der Waals surface area contributed by atoms with E-state index in [0.717, 1.165) is 61.3 Å². The number of ether oxygens (including phenoxy) is 1. The summed E-state index contributed by atoms with van der Waals surface area (Å²) < 4.78 is 37.1. The van der Waals surface area contributed by atoms with Gasteiger partial charge in [0.25, 0.3) is 5.91 Å². The van der Waals surface area contributed by atoms with Crippen molar-refractivity contribution in [2.24, 2.45) is 17.6 Å². The van der Waals surface area contributed by atoms with Gasteiger partial charge in [-0.2, -0.15) is 18.4 Å². The predicted molar refractivity (Wildman–Crippen MR) is 236 cm³/mol. The van der Waals surface area contributed by atoms with Crippen LogP contribution in [-0.4, -0.2) is 116 Å². The Morgan fingerprint density at radius 3 is 2.05 bits per heavy atom. The Morgan fingerprint density at radius 1 is 0.908 bits per heavy atom. The first kappa shape index (κ1) is 51.2. The second-order valence-corrected chi connectivity index (χ2v) is 16.7. The number of anilines is 1. The molecular formula is C45H59F3N10O7. The van der Waals surface area contributed by atoms with Crippen molar-refractivity contribution in [2.75, 3.05) is 37.6 Å². The van der Waals surface area contributed by atoms with E-state index < -0.39 is 35.8 Å². The van der Waals surface area contributed by atoms with Gasteiger partial charge >= 0.3 is 18.2 Å². The third-order valence-electron chi connectivity index (χ3n) is 10.8. The Balaban J connectivity index is 0.00000122. The van der Waals surface area contributed by atoms with E-state index in [9.17, 15) is 32.3 Å². The number of aliphatic carboxylic acids is 1. The summed E-state index contributed by atoms with van der Waals surface area (Å²) in [5, 5.41) is 27.1. The van der Waals surface area contributed by atoms with Crippen molar-refractivity contribution in [3.8, 4) is 22.5 Å². The van der Waals surface area contributed by atoms with Crippen molar-refractivity contribution in [3.63, 3.8) is 0 Å². The summed E-state index contributed by atoms with van der Waals surface area (Å²) in [7, 11) is 0. The highest BCUT2D eigenvalue weighted by Gasteiger charge is 2.38. The van der Waals surface area contributed by atoms with Crippen LogP contribution in [0.5, 0.6) is 0 Å². The molecule has 6 N–H and O–H groups in total. The number of aromatic amines is 1. The lowest BCUT2D eigenvalue weighted by Crippen LogP contribution is -2.52. The molecule has 1 aliphatic carbocycles. The number of nitrogens with two attached hydrogens (primary N) is 1. The minimum Gasteiger partial charge on any atom is -0.475 e. The molecule has 17 nitrogen and oxygen atoms in total. The minimum absolute atomic E-state index is 0.180. The molecule has 65 heavy (non-hydrogen) atoms. The molecule has 0 radical (unpaired) electrons. The van der Waals surface area contributed by atoms with E-state index >= 15 is 0 Å². The van der Waals surface area contributed by atoms with Crippen molar-refractivity contribution in [2.45, 2.75) is 97.9 Å². The number of hydrogen-bond donors (Lipinski definition) is 5. The molecule has 5 rings (SSSR count). The number of primary amides is 1. The van der Waals surface area contributed by atoms with Crippen molar-refractivity contribution >= 4 is 35.5 Å². The number of carbonyl (C=O) groups excluding carboxylic acids is 4. The molecule has 0 aliphatic heterocycles.